The maximum absolute atomic E-state index is 12.5. The van der Waals surface area contributed by atoms with Crippen LogP contribution in [0.25, 0.3) is 6.08 Å². The molecule has 3 saturated heterocycles. The highest BCUT2D eigenvalue weighted by molar-refractivity contribution is 6.02. The topological polar surface area (TPSA) is 81.9 Å². The van der Waals surface area contributed by atoms with Gasteiger partial charge in [0.25, 0.3) is 0 Å². The predicted molar refractivity (Wildman–Crippen MR) is 92.7 cm³/mol. The van der Waals surface area contributed by atoms with E-state index in [9.17, 15) is 14.9 Å². The average Bonchev–Trinajstić information content (AvgIpc) is 2.60. The van der Waals surface area contributed by atoms with Gasteiger partial charge in [-0.25, -0.2) is 0 Å². The Hall–Kier alpha value is -2.57. The number of nitro groups is 1. The zero-order valence-electron chi connectivity index (χ0n) is 14.5. The molecule has 3 heterocycles. The molecule has 0 atom stereocenters. The Kier molecular flexibility index (Phi) is 4.92. The third kappa shape index (κ3) is 3.31. The standard InChI is InChI=1S/C18H22N2O5/c1-3-24-16-11-17(25-4-2)14(20(22)23)9-13(16)10-15-18(21)12-5-7-19(15)8-6-12/h9-12H,3-8H2,1-2H3/b15-10-. The van der Waals surface area contributed by atoms with Crippen molar-refractivity contribution in [3.63, 3.8) is 0 Å². The lowest BCUT2D eigenvalue weighted by atomic mass is 9.84. The molecule has 0 spiro atoms. The lowest BCUT2D eigenvalue weighted by molar-refractivity contribution is -0.385. The van der Waals surface area contributed by atoms with Crippen molar-refractivity contribution in [1.29, 1.82) is 0 Å². The first kappa shape index (κ1) is 17.3. The minimum Gasteiger partial charge on any atom is -0.493 e. The Morgan fingerprint density at radius 3 is 2.40 bits per heavy atom. The molecule has 3 aliphatic rings. The van der Waals surface area contributed by atoms with E-state index in [4.69, 9.17) is 9.47 Å². The number of Topliss-reactive ketones (excluding diaryl/α,β-unsaturated/α-hetero) is 1. The summed E-state index contributed by atoms with van der Waals surface area (Å²) in [5.74, 6) is 0.857. The average molecular weight is 346 g/mol. The lowest BCUT2D eigenvalue weighted by Crippen LogP contribution is -2.45. The lowest BCUT2D eigenvalue weighted by Gasteiger charge is -2.41. The fraction of sp³-hybridized carbons (Fsp3) is 0.500. The summed E-state index contributed by atoms with van der Waals surface area (Å²) in [6.45, 7) is 6.05. The van der Waals surface area contributed by atoms with Crippen LogP contribution < -0.4 is 9.47 Å². The quantitative estimate of drug-likeness (QED) is 0.447. The first-order valence-corrected chi connectivity index (χ1v) is 8.64. The monoisotopic (exact) mass is 346 g/mol. The molecule has 134 valence electrons. The van der Waals surface area contributed by atoms with Crippen LogP contribution in [0.2, 0.25) is 0 Å². The number of benzene rings is 1. The van der Waals surface area contributed by atoms with Gasteiger partial charge < -0.3 is 14.4 Å². The van der Waals surface area contributed by atoms with Gasteiger partial charge in [0.05, 0.1) is 23.8 Å². The number of carbonyl (C=O) groups excluding carboxylic acids is 1. The van der Waals surface area contributed by atoms with E-state index in [2.05, 4.69) is 4.90 Å². The molecular weight excluding hydrogens is 324 g/mol. The van der Waals surface area contributed by atoms with Crippen LogP contribution >= 0.6 is 0 Å². The Morgan fingerprint density at radius 2 is 1.84 bits per heavy atom. The number of fused-ring (bicyclic) bond motifs is 3. The van der Waals surface area contributed by atoms with Crippen molar-refractivity contribution >= 4 is 17.5 Å². The summed E-state index contributed by atoms with van der Waals surface area (Å²) in [4.78, 5) is 25.5. The van der Waals surface area contributed by atoms with E-state index in [1.807, 2.05) is 6.92 Å². The molecular formula is C18H22N2O5. The second-order valence-electron chi connectivity index (χ2n) is 6.14. The van der Waals surface area contributed by atoms with E-state index in [-0.39, 0.29) is 23.1 Å². The molecule has 0 saturated carbocycles. The number of piperidine rings is 3. The van der Waals surface area contributed by atoms with Crippen LogP contribution in [0.1, 0.15) is 32.3 Å². The second kappa shape index (κ2) is 7.13. The van der Waals surface area contributed by atoms with Crippen molar-refractivity contribution < 1.29 is 19.2 Å². The van der Waals surface area contributed by atoms with E-state index in [0.29, 0.717) is 30.2 Å². The van der Waals surface area contributed by atoms with Crippen LogP contribution in [0, 0.1) is 16.0 Å². The van der Waals surface area contributed by atoms with Gasteiger partial charge in [0, 0.05) is 36.7 Å². The minimum absolute atomic E-state index is 0.0736. The van der Waals surface area contributed by atoms with Gasteiger partial charge in [-0.3, -0.25) is 14.9 Å². The molecule has 3 fully saturated rings. The Labute approximate surface area is 146 Å². The number of ether oxygens (including phenoxy) is 2. The number of nitrogens with zero attached hydrogens (tertiary/aromatic N) is 2. The van der Waals surface area contributed by atoms with Crippen molar-refractivity contribution in [2.75, 3.05) is 26.3 Å². The van der Waals surface area contributed by atoms with Crippen LogP contribution in [0.3, 0.4) is 0 Å². The van der Waals surface area contributed by atoms with E-state index < -0.39 is 4.92 Å². The normalized spacial score (nSPS) is 18.7. The number of ketones is 1. The molecule has 0 radical (unpaired) electrons. The van der Waals surface area contributed by atoms with E-state index >= 15 is 0 Å². The Bertz CT molecular complexity index is 720. The first-order valence-electron chi connectivity index (χ1n) is 8.64. The van der Waals surface area contributed by atoms with Crippen LogP contribution in [0.4, 0.5) is 5.69 Å². The number of carbonyl (C=O) groups is 1. The van der Waals surface area contributed by atoms with E-state index in [0.717, 1.165) is 25.9 Å². The molecule has 0 unspecified atom stereocenters. The fourth-order valence-electron chi connectivity index (χ4n) is 3.43. The number of allylic oxidation sites excluding steroid dienone is 1. The summed E-state index contributed by atoms with van der Waals surface area (Å²) in [6.07, 6.45) is 3.50. The first-order chi connectivity index (χ1) is 12.0. The number of hydrogen-bond donors (Lipinski definition) is 0. The third-order valence-electron chi connectivity index (χ3n) is 4.64. The molecule has 0 amide bonds. The highest BCUT2D eigenvalue weighted by Gasteiger charge is 2.36. The largest absolute Gasteiger partial charge is 0.493 e. The molecule has 7 heteroatoms. The smallest absolute Gasteiger partial charge is 0.311 e. The molecule has 0 N–H and O–H groups in total. The van der Waals surface area contributed by atoms with E-state index in [1.165, 1.54) is 6.07 Å². The molecule has 0 aromatic heterocycles. The molecule has 0 aliphatic carbocycles. The highest BCUT2D eigenvalue weighted by Crippen LogP contribution is 2.38. The van der Waals surface area contributed by atoms with Crippen LogP contribution in [-0.4, -0.2) is 41.9 Å². The number of rotatable bonds is 6. The predicted octanol–water partition coefficient (Wildman–Crippen LogP) is 3.03. The summed E-state index contributed by atoms with van der Waals surface area (Å²) in [5.41, 5.74) is 1.04. The van der Waals surface area contributed by atoms with Gasteiger partial charge >= 0.3 is 5.69 Å². The number of hydrogen-bond acceptors (Lipinski definition) is 6. The molecule has 25 heavy (non-hydrogen) atoms. The maximum Gasteiger partial charge on any atom is 0.311 e. The minimum atomic E-state index is -0.474. The van der Waals surface area contributed by atoms with Crippen molar-refractivity contribution in [1.82, 2.24) is 4.90 Å². The third-order valence-corrected chi connectivity index (χ3v) is 4.64. The summed E-state index contributed by atoms with van der Waals surface area (Å²) in [5, 5.41) is 11.4. The van der Waals surface area contributed by atoms with E-state index in [1.54, 1.807) is 19.1 Å². The summed E-state index contributed by atoms with van der Waals surface area (Å²) in [6, 6.07) is 2.97. The Morgan fingerprint density at radius 1 is 1.20 bits per heavy atom. The van der Waals surface area contributed by atoms with Gasteiger partial charge in [-0.1, -0.05) is 0 Å². The van der Waals surface area contributed by atoms with Gasteiger partial charge in [-0.05, 0) is 32.8 Å². The van der Waals surface area contributed by atoms with Crippen molar-refractivity contribution in [2.45, 2.75) is 26.7 Å². The highest BCUT2D eigenvalue weighted by atomic mass is 16.6. The van der Waals surface area contributed by atoms with Gasteiger partial charge in [0.2, 0.25) is 5.75 Å². The summed E-state index contributed by atoms with van der Waals surface area (Å²) >= 11 is 0. The zero-order valence-corrected chi connectivity index (χ0v) is 14.5. The van der Waals surface area contributed by atoms with Crippen LogP contribution in [-0.2, 0) is 4.79 Å². The molecule has 2 bridgehead atoms. The zero-order chi connectivity index (χ0) is 18.0. The molecule has 1 aromatic rings. The molecule has 7 nitrogen and oxygen atoms in total. The van der Waals surface area contributed by atoms with Crippen LogP contribution in [0.5, 0.6) is 11.5 Å². The van der Waals surface area contributed by atoms with Gasteiger partial charge in [-0.2, -0.15) is 0 Å². The second-order valence-corrected chi connectivity index (χ2v) is 6.14. The fourth-order valence-corrected chi connectivity index (χ4v) is 3.43. The maximum atomic E-state index is 12.5. The van der Waals surface area contributed by atoms with Crippen LogP contribution in [0.15, 0.2) is 17.8 Å². The van der Waals surface area contributed by atoms with Crippen molar-refractivity contribution in [3.05, 3.63) is 33.5 Å². The van der Waals surface area contributed by atoms with Crippen molar-refractivity contribution in [2.24, 2.45) is 5.92 Å². The number of nitro benzene ring substituents is 1. The summed E-state index contributed by atoms with van der Waals surface area (Å²) < 4.78 is 11.0. The van der Waals surface area contributed by atoms with Crippen molar-refractivity contribution in [3.8, 4) is 11.5 Å². The van der Waals surface area contributed by atoms with Gasteiger partial charge in [0.15, 0.2) is 5.78 Å². The SMILES string of the molecule is CCOc1cc(OCC)c([N+](=O)[O-])cc1/C=C1/C(=O)C2CCN1CC2. The summed E-state index contributed by atoms with van der Waals surface area (Å²) in [7, 11) is 0. The molecule has 4 rings (SSSR count). The van der Waals surface area contributed by atoms with Gasteiger partial charge in [-0.15, -0.1) is 0 Å². The molecule has 3 aliphatic heterocycles. The van der Waals surface area contributed by atoms with Gasteiger partial charge in [0.1, 0.15) is 5.75 Å². The Balaban J connectivity index is 2.07. The molecule has 1 aromatic carbocycles.